The maximum absolute atomic E-state index is 13.0. The Kier molecular flexibility index (Phi) is 6.18. The zero-order valence-electron chi connectivity index (χ0n) is 15.6. The Labute approximate surface area is 170 Å². The minimum absolute atomic E-state index is 0.0877. The van der Waals surface area contributed by atoms with E-state index < -0.39 is 24.5 Å². The van der Waals surface area contributed by atoms with Crippen molar-refractivity contribution in [3.05, 3.63) is 66.1 Å². The third-order valence-corrected chi connectivity index (χ3v) is 3.99. The van der Waals surface area contributed by atoms with Crippen LogP contribution in [-0.2, 0) is 4.79 Å². The molecule has 0 aliphatic heterocycles. The van der Waals surface area contributed by atoms with Gasteiger partial charge in [0.05, 0.1) is 6.61 Å². The largest absolute Gasteiger partial charge is 0.457 e. The second kappa shape index (κ2) is 8.97. The van der Waals surface area contributed by atoms with Crippen LogP contribution >= 0.6 is 0 Å². The molecule has 0 spiro atoms. The van der Waals surface area contributed by atoms with Crippen LogP contribution in [0, 0.1) is 5.82 Å². The van der Waals surface area contributed by atoms with Crippen LogP contribution in [0.5, 0.6) is 11.5 Å². The number of primary amides is 2. The molecule has 0 bridgehead atoms. The van der Waals surface area contributed by atoms with Gasteiger partial charge in [0, 0.05) is 11.6 Å². The molecule has 9 nitrogen and oxygen atoms in total. The van der Waals surface area contributed by atoms with Crippen LogP contribution in [0.25, 0.3) is 11.4 Å². The average molecular weight is 411 g/mol. The first-order valence-corrected chi connectivity index (χ1v) is 8.75. The summed E-state index contributed by atoms with van der Waals surface area (Å²) in [5.74, 6) is -0.749. The van der Waals surface area contributed by atoms with E-state index in [2.05, 4.69) is 15.3 Å². The van der Waals surface area contributed by atoms with E-state index in [0.717, 1.165) is 0 Å². The maximum atomic E-state index is 13.0. The molecule has 6 N–H and O–H groups in total. The fourth-order valence-electron chi connectivity index (χ4n) is 2.47. The first-order valence-electron chi connectivity index (χ1n) is 8.75. The van der Waals surface area contributed by atoms with Crippen molar-refractivity contribution in [3.8, 4) is 22.9 Å². The van der Waals surface area contributed by atoms with Crippen LogP contribution in [0.15, 0.2) is 54.6 Å². The van der Waals surface area contributed by atoms with Gasteiger partial charge in [-0.05, 0) is 48.5 Å². The van der Waals surface area contributed by atoms with Gasteiger partial charge in [-0.2, -0.15) is 0 Å². The molecule has 0 aliphatic rings. The number of nitrogens with two attached hydrogens (primary N) is 2. The summed E-state index contributed by atoms with van der Waals surface area (Å²) in [7, 11) is 0. The Hall–Kier alpha value is -4.05. The molecule has 0 saturated carbocycles. The monoisotopic (exact) mass is 411 g/mol. The van der Waals surface area contributed by atoms with Gasteiger partial charge >= 0.3 is 0 Å². The number of aliphatic hydroxyl groups excluding tert-OH is 1. The van der Waals surface area contributed by atoms with E-state index in [4.69, 9.17) is 16.2 Å². The van der Waals surface area contributed by atoms with Crippen molar-refractivity contribution < 1.29 is 23.8 Å². The number of hydrogen-bond donors (Lipinski definition) is 4. The lowest BCUT2D eigenvalue weighted by Crippen LogP contribution is -2.38. The standard InChI is InChI=1S/C20H18FN5O4/c21-12-3-7-14(8-4-12)30-13-5-1-11(2-6-13)20-25-15(18(22)28)9-17(26-20)24-16(10-27)19(23)29/h1-9,16,27H,10H2,(H2,22,28)(H2,23,29)(H,24,25,26). The molecular formula is C20H18FN5O4. The highest BCUT2D eigenvalue weighted by Crippen LogP contribution is 2.25. The van der Waals surface area contributed by atoms with Crippen molar-refractivity contribution >= 4 is 17.6 Å². The predicted octanol–water partition coefficient (Wildman–Crippen LogP) is 1.43. The SMILES string of the molecule is NC(=O)c1cc(NC(CO)C(N)=O)nc(-c2ccc(Oc3ccc(F)cc3)cc2)n1. The summed E-state index contributed by atoms with van der Waals surface area (Å²) in [6.45, 7) is -0.560. The lowest BCUT2D eigenvalue weighted by molar-refractivity contribution is -0.119. The molecule has 3 rings (SSSR count). The summed E-state index contributed by atoms with van der Waals surface area (Å²) >= 11 is 0. The van der Waals surface area contributed by atoms with Crippen molar-refractivity contribution in [2.24, 2.45) is 11.5 Å². The van der Waals surface area contributed by atoms with E-state index in [1.807, 2.05) is 0 Å². The molecule has 2 aromatic carbocycles. The zero-order valence-corrected chi connectivity index (χ0v) is 15.6. The van der Waals surface area contributed by atoms with Crippen LogP contribution in [-0.4, -0.2) is 39.5 Å². The molecule has 10 heteroatoms. The van der Waals surface area contributed by atoms with Gasteiger partial charge in [0.15, 0.2) is 5.82 Å². The average Bonchev–Trinajstić information content (AvgIpc) is 2.73. The Bertz CT molecular complexity index is 1060. The quantitative estimate of drug-likeness (QED) is 0.437. The Morgan fingerprint density at radius 3 is 2.17 bits per heavy atom. The number of ether oxygens (including phenoxy) is 1. The number of aromatic nitrogens is 2. The molecule has 0 aliphatic carbocycles. The summed E-state index contributed by atoms with van der Waals surface area (Å²) in [6, 6.07) is 12.3. The van der Waals surface area contributed by atoms with Gasteiger partial charge in [0.25, 0.3) is 5.91 Å². The van der Waals surface area contributed by atoms with Gasteiger partial charge in [0.1, 0.15) is 34.9 Å². The minimum atomic E-state index is -1.10. The summed E-state index contributed by atoms with van der Waals surface area (Å²) in [4.78, 5) is 31.3. The lowest BCUT2D eigenvalue weighted by Gasteiger charge is -2.14. The number of nitrogens with zero attached hydrogens (tertiary/aromatic N) is 2. The van der Waals surface area contributed by atoms with Gasteiger partial charge in [0.2, 0.25) is 5.91 Å². The molecule has 0 fully saturated rings. The third-order valence-electron chi connectivity index (χ3n) is 3.99. The molecule has 1 aromatic heterocycles. The normalized spacial score (nSPS) is 11.5. The summed E-state index contributed by atoms with van der Waals surface area (Å²) in [6.07, 6.45) is 0. The zero-order chi connectivity index (χ0) is 21.7. The molecule has 1 atom stereocenters. The van der Waals surface area contributed by atoms with E-state index in [-0.39, 0.29) is 23.2 Å². The van der Waals surface area contributed by atoms with E-state index in [0.29, 0.717) is 17.1 Å². The van der Waals surface area contributed by atoms with E-state index >= 15 is 0 Å². The Morgan fingerprint density at radius 2 is 1.63 bits per heavy atom. The molecule has 0 saturated heterocycles. The van der Waals surface area contributed by atoms with Gasteiger partial charge in [-0.25, -0.2) is 14.4 Å². The number of aliphatic hydroxyl groups is 1. The second-order valence-electron chi connectivity index (χ2n) is 6.19. The van der Waals surface area contributed by atoms with E-state index in [1.165, 1.54) is 30.3 Å². The number of halogens is 1. The second-order valence-corrected chi connectivity index (χ2v) is 6.19. The number of nitrogens with one attached hydrogen (secondary N) is 1. The van der Waals surface area contributed by atoms with Crippen molar-refractivity contribution in [2.45, 2.75) is 6.04 Å². The molecule has 1 unspecified atom stereocenters. The Morgan fingerprint density at radius 1 is 1.03 bits per heavy atom. The van der Waals surface area contributed by atoms with Gasteiger partial charge in [-0.15, -0.1) is 0 Å². The van der Waals surface area contributed by atoms with Gasteiger partial charge < -0.3 is 26.6 Å². The summed E-state index contributed by atoms with van der Waals surface area (Å²) in [5, 5.41) is 11.9. The van der Waals surface area contributed by atoms with Gasteiger partial charge in [-0.3, -0.25) is 9.59 Å². The van der Waals surface area contributed by atoms with Crippen LogP contribution in [0.3, 0.4) is 0 Å². The lowest BCUT2D eigenvalue weighted by atomic mass is 10.2. The van der Waals surface area contributed by atoms with Crippen LogP contribution in [0.4, 0.5) is 10.2 Å². The number of hydrogen-bond acceptors (Lipinski definition) is 7. The van der Waals surface area contributed by atoms with E-state index in [9.17, 15) is 19.1 Å². The molecule has 3 aromatic rings. The molecule has 1 heterocycles. The van der Waals surface area contributed by atoms with Crippen molar-refractivity contribution in [1.82, 2.24) is 9.97 Å². The smallest absolute Gasteiger partial charge is 0.267 e. The van der Waals surface area contributed by atoms with Crippen LogP contribution < -0.4 is 21.5 Å². The van der Waals surface area contributed by atoms with Crippen molar-refractivity contribution in [1.29, 1.82) is 0 Å². The first kappa shape index (κ1) is 20.7. The van der Waals surface area contributed by atoms with Crippen LogP contribution in [0.2, 0.25) is 0 Å². The molecular weight excluding hydrogens is 393 g/mol. The molecule has 0 radical (unpaired) electrons. The highest BCUT2D eigenvalue weighted by molar-refractivity contribution is 5.92. The maximum Gasteiger partial charge on any atom is 0.267 e. The fraction of sp³-hybridized carbons (Fsp3) is 0.100. The number of benzene rings is 2. The highest BCUT2D eigenvalue weighted by Gasteiger charge is 2.17. The Balaban J connectivity index is 1.87. The molecule has 154 valence electrons. The number of anilines is 1. The third kappa shape index (κ3) is 5.06. The highest BCUT2D eigenvalue weighted by atomic mass is 19.1. The predicted molar refractivity (Wildman–Crippen MR) is 106 cm³/mol. The topological polar surface area (TPSA) is 153 Å². The van der Waals surface area contributed by atoms with E-state index in [1.54, 1.807) is 24.3 Å². The number of amides is 2. The number of carbonyl (C=O) groups excluding carboxylic acids is 2. The van der Waals surface area contributed by atoms with Crippen molar-refractivity contribution in [3.63, 3.8) is 0 Å². The number of carbonyl (C=O) groups is 2. The van der Waals surface area contributed by atoms with Crippen LogP contribution in [0.1, 0.15) is 10.5 Å². The summed E-state index contributed by atoms with van der Waals surface area (Å²) in [5.41, 5.74) is 11.0. The summed E-state index contributed by atoms with van der Waals surface area (Å²) < 4.78 is 18.6. The fourth-order valence-corrected chi connectivity index (χ4v) is 2.47. The minimum Gasteiger partial charge on any atom is -0.457 e. The first-order chi connectivity index (χ1) is 14.4. The molecule has 2 amide bonds. The van der Waals surface area contributed by atoms with Crippen molar-refractivity contribution in [2.75, 3.05) is 11.9 Å². The number of rotatable bonds is 8. The molecule has 30 heavy (non-hydrogen) atoms. The van der Waals surface area contributed by atoms with Gasteiger partial charge in [-0.1, -0.05) is 0 Å².